The van der Waals surface area contributed by atoms with Gasteiger partial charge in [-0.05, 0) is 19.9 Å². The molecule has 0 radical (unpaired) electrons. The fraction of sp³-hybridized carbons (Fsp3) is 0.636. The van der Waals surface area contributed by atoms with E-state index in [2.05, 4.69) is 0 Å². The van der Waals surface area contributed by atoms with Gasteiger partial charge in [0.15, 0.2) is 17.3 Å². The molecule has 1 heterocycles. The first-order valence-electron chi connectivity index (χ1n) is 5.03. The maximum atomic E-state index is 11.2. The first kappa shape index (κ1) is 12.9. The van der Waals surface area contributed by atoms with Gasteiger partial charge in [-0.2, -0.15) is 0 Å². The molecule has 0 amide bonds. The van der Waals surface area contributed by atoms with Crippen LogP contribution < -0.4 is 0 Å². The summed E-state index contributed by atoms with van der Waals surface area (Å²) in [6.07, 6.45) is 1.10. The van der Waals surface area contributed by atoms with Gasteiger partial charge in [-0.3, -0.25) is 9.59 Å². The van der Waals surface area contributed by atoms with Crippen molar-refractivity contribution in [3.05, 3.63) is 11.8 Å². The Hall–Kier alpha value is -1.20. The van der Waals surface area contributed by atoms with Gasteiger partial charge in [0.2, 0.25) is 0 Å². The van der Waals surface area contributed by atoms with Crippen LogP contribution >= 0.6 is 0 Å². The monoisotopic (exact) mass is 228 g/mol. The molecule has 1 aliphatic rings. The lowest BCUT2D eigenvalue weighted by Gasteiger charge is -2.16. The van der Waals surface area contributed by atoms with Crippen molar-refractivity contribution in [3.63, 3.8) is 0 Å². The lowest BCUT2D eigenvalue weighted by Crippen LogP contribution is -2.21. The molecule has 1 saturated heterocycles. The Bertz CT molecular complexity index is 329. The molecule has 0 aromatic rings. The predicted octanol–water partition coefficient (Wildman–Crippen LogP) is 1.17. The van der Waals surface area contributed by atoms with Gasteiger partial charge < -0.3 is 14.2 Å². The van der Waals surface area contributed by atoms with Gasteiger partial charge in [-0.1, -0.05) is 0 Å². The van der Waals surface area contributed by atoms with E-state index in [1.165, 1.54) is 19.9 Å². The second-order valence-electron chi connectivity index (χ2n) is 4.05. The van der Waals surface area contributed by atoms with Crippen LogP contribution in [0.1, 0.15) is 27.7 Å². The van der Waals surface area contributed by atoms with Crippen LogP contribution in [0.3, 0.4) is 0 Å². The van der Waals surface area contributed by atoms with E-state index in [-0.39, 0.29) is 17.6 Å². The Morgan fingerprint density at radius 1 is 1.38 bits per heavy atom. The molecule has 1 rings (SSSR count). The van der Waals surface area contributed by atoms with E-state index >= 15 is 0 Å². The van der Waals surface area contributed by atoms with E-state index in [4.69, 9.17) is 14.2 Å². The van der Waals surface area contributed by atoms with Crippen LogP contribution in [-0.2, 0) is 23.8 Å². The van der Waals surface area contributed by atoms with Crippen molar-refractivity contribution >= 4 is 11.8 Å². The Balaban J connectivity index is 2.72. The van der Waals surface area contributed by atoms with E-state index in [0.29, 0.717) is 6.61 Å². The number of ketones is 1. The third-order valence-electron chi connectivity index (χ3n) is 1.97. The molecule has 0 spiro atoms. The maximum Gasteiger partial charge on any atom is 0.308 e. The fourth-order valence-corrected chi connectivity index (χ4v) is 1.34. The second-order valence-corrected chi connectivity index (χ2v) is 4.05. The lowest BCUT2D eigenvalue weighted by atomic mass is 10.2. The molecule has 0 aromatic heterocycles. The normalized spacial score (nSPS) is 24.2. The summed E-state index contributed by atoms with van der Waals surface area (Å²) in [7, 11) is 0. The van der Waals surface area contributed by atoms with Crippen molar-refractivity contribution in [2.24, 2.45) is 0 Å². The topological polar surface area (TPSA) is 61.8 Å². The Labute approximate surface area is 94.4 Å². The molecule has 0 unspecified atom stereocenters. The molecule has 1 aliphatic heterocycles. The number of rotatable bonds is 3. The number of allylic oxidation sites excluding steroid dienone is 1. The van der Waals surface area contributed by atoms with Gasteiger partial charge in [0.1, 0.15) is 6.10 Å². The number of ether oxygens (including phenoxy) is 3. The number of hydrogen-bond acceptors (Lipinski definition) is 5. The molecule has 1 atom stereocenters. The molecule has 0 N–H and O–H groups in total. The van der Waals surface area contributed by atoms with Gasteiger partial charge >= 0.3 is 5.97 Å². The first-order valence-corrected chi connectivity index (χ1v) is 5.03. The van der Waals surface area contributed by atoms with Gasteiger partial charge in [0.25, 0.3) is 0 Å². The Morgan fingerprint density at radius 2 is 2.00 bits per heavy atom. The summed E-state index contributed by atoms with van der Waals surface area (Å²) in [5.74, 6) is -1.51. The number of carbonyl (C=O) groups excluding carboxylic acids is 2. The van der Waals surface area contributed by atoms with Crippen LogP contribution in [-0.4, -0.2) is 30.3 Å². The zero-order valence-electron chi connectivity index (χ0n) is 9.90. The van der Waals surface area contributed by atoms with Crippen molar-refractivity contribution in [1.29, 1.82) is 0 Å². The highest BCUT2D eigenvalue weighted by Crippen LogP contribution is 2.23. The molecule has 90 valence electrons. The Morgan fingerprint density at radius 3 is 2.38 bits per heavy atom. The van der Waals surface area contributed by atoms with E-state index in [0.717, 1.165) is 0 Å². The summed E-state index contributed by atoms with van der Waals surface area (Å²) in [6.45, 7) is 6.47. The number of esters is 1. The fourth-order valence-electron chi connectivity index (χ4n) is 1.34. The zero-order chi connectivity index (χ0) is 12.3. The third kappa shape index (κ3) is 3.75. The van der Waals surface area contributed by atoms with Crippen molar-refractivity contribution in [1.82, 2.24) is 0 Å². The summed E-state index contributed by atoms with van der Waals surface area (Å²) in [4.78, 5) is 22.0. The van der Waals surface area contributed by atoms with Crippen LogP contribution in [0.25, 0.3) is 0 Å². The minimum absolute atomic E-state index is 0.00111. The molecule has 0 aliphatic carbocycles. The van der Waals surface area contributed by atoms with Gasteiger partial charge in [-0.15, -0.1) is 0 Å². The summed E-state index contributed by atoms with van der Waals surface area (Å²) >= 11 is 0. The molecule has 0 bridgehead atoms. The average molecular weight is 228 g/mol. The van der Waals surface area contributed by atoms with E-state index in [9.17, 15) is 9.59 Å². The van der Waals surface area contributed by atoms with Crippen LogP contribution in [0.4, 0.5) is 0 Å². The van der Waals surface area contributed by atoms with Crippen molar-refractivity contribution in [2.75, 3.05) is 6.61 Å². The molecule has 5 heteroatoms. The Kier molecular flexibility index (Phi) is 3.83. The van der Waals surface area contributed by atoms with Crippen LogP contribution in [0.5, 0.6) is 0 Å². The molecular weight excluding hydrogens is 212 g/mol. The standard InChI is InChI=1S/C11H16O5/c1-7(12)10(15-8(2)13)5-9-6-14-11(3,4)16-9/h5,9H,6H2,1-4H3/b10-5-/t9-/m0/s1. The number of Topliss-reactive ketones (excluding diaryl/α,β-unsaturated/α-hetero) is 1. The SMILES string of the molecule is CC(=O)O/C(=C\[C@H]1COC(C)(C)O1)C(C)=O. The quantitative estimate of drug-likeness (QED) is 0.412. The summed E-state index contributed by atoms with van der Waals surface area (Å²) in [5, 5.41) is 0. The molecule has 1 fully saturated rings. The average Bonchev–Trinajstić information content (AvgIpc) is 2.43. The summed E-state index contributed by atoms with van der Waals surface area (Å²) in [6, 6.07) is 0. The maximum absolute atomic E-state index is 11.2. The smallest absolute Gasteiger partial charge is 0.308 e. The highest BCUT2D eigenvalue weighted by atomic mass is 16.7. The van der Waals surface area contributed by atoms with Crippen molar-refractivity contribution in [3.8, 4) is 0 Å². The largest absolute Gasteiger partial charge is 0.423 e. The zero-order valence-corrected chi connectivity index (χ0v) is 9.90. The van der Waals surface area contributed by atoms with Crippen LogP contribution in [0.15, 0.2) is 11.8 Å². The molecule has 0 aromatic carbocycles. The first-order chi connectivity index (χ1) is 7.30. The van der Waals surface area contributed by atoms with E-state index < -0.39 is 11.8 Å². The van der Waals surface area contributed by atoms with Crippen LogP contribution in [0, 0.1) is 0 Å². The number of hydrogen-bond donors (Lipinski definition) is 0. The van der Waals surface area contributed by atoms with Crippen LogP contribution in [0.2, 0.25) is 0 Å². The third-order valence-corrected chi connectivity index (χ3v) is 1.97. The van der Waals surface area contributed by atoms with Crippen molar-refractivity contribution in [2.45, 2.75) is 39.6 Å². The minimum Gasteiger partial charge on any atom is -0.423 e. The molecule has 0 saturated carbocycles. The highest BCUT2D eigenvalue weighted by Gasteiger charge is 2.32. The molecule has 16 heavy (non-hydrogen) atoms. The highest BCUT2D eigenvalue weighted by molar-refractivity contribution is 5.93. The van der Waals surface area contributed by atoms with Gasteiger partial charge in [0, 0.05) is 13.8 Å². The van der Waals surface area contributed by atoms with Gasteiger partial charge in [-0.25, -0.2) is 0 Å². The summed E-state index contributed by atoms with van der Waals surface area (Å²) < 4.78 is 15.6. The second kappa shape index (κ2) is 4.76. The minimum atomic E-state index is -0.667. The van der Waals surface area contributed by atoms with Crippen molar-refractivity contribution < 1.29 is 23.8 Å². The van der Waals surface area contributed by atoms with Gasteiger partial charge in [0.05, 0.1) is 6.61 Å². The number of carbonyl (C=O) groups is 2. The predicted molar refractivity (Wildman–Crippen MR) is 55.4 cm³/mol. The molecular formula is C11H16O5. The lowest BCUT2D eigenvalue weighted by molar-refractivity contribution is -0.140. The molecule has 5 nitrogen and oxygen atoms in total. The van der Waals surface area contributed by atoms with E-state index in [1.54, 1.807) is 13.8 Å². The van der Waals surface area contributed by atoms with E-state index in [1.807, 2.05) is 0 Å². The summed E-state index contributed by atoms with van der Waals surface area (Å²) in [5.41, 5.74) is 0.